The number of aliphatic hydroxyl groups is 1. The van der Waals surface area contributed by atoms with E-state index in [2.05, 4.69) is 23.5 Å². The van der Waals surface area contributed by atoms with Gasteiger partial charge in [-0.2, -0.15) is 0 Å². The topological polar surface area (TPSA) is 41.5 Å². The number of ether oxygens (including phenoxy) is 1. The lowest BCUT2D eigenvalue weighted by Gasteiger charge is -2.33. The van der Waals surface area contributed by atoms with Gasteiger partial charge in [-0.25, -0.2) is 0 Å². The fourth-order valence-corrected chi connectivity index (χ4v) is 3.60. The van der Waals surface area contributed by atoms with Gasteiger partial charge in [-0.3, -0.25) is 0 Å². The number of hydrogen-bond donors (Lipinski definition) is 2. The SMILES string of the molecule is COc1ccc2c(c1)C(NC1CCC(O)CC1)CCC2. The van der Waals surface area contributed by atoms with Gasteiger partial charge in [0.2, 0.25) is 0 Å². The van der Waals surface area contributed by atoms with Crippen LogP contribution in [-0.4, -0.2) is 24.4 Å². The minimum atomic E-state index is -0.0770. The summed E-state index contributed by atoms with van der Waals surface area (Å²) in [5.74, 6) is 0.955. The maximum atomic E-state index is 9.61. The summed E-state index contributed by atoms with van der Waals surface area (Å²) in [7, 11) is 1.73. The number of fused-ring (bicyclic) bond motifs is 1. The van der Waals surface area contributed by atoms with E-state index < -0.39 is 0 Å². The van der Waals surface area contributed by atoms with Gasteiger partial charge in [0.05, 0.1) is 13.2 Å². The fraction of sp³-hybridized carbons (Fsp3) is 0.647. The second-order valence-corrected chi connectivity index (χ2v) is 6.18. The van der Waals surface area contributed by atoms with E-state index in [0.717, 1.165) is 31.4 Å². The van der Waals surface area contributed by atoms with Crippen LogP contribution >= 0.6 is 0 Å². The zero-order valence-electron chi connectivity index (χ0n) is 12.3. The van der Waals surface area contributed by atoms with Crippen molar-refractivity contribution in [1.29, 1.82) is 0 Å². The molecular weight excluding hydrogens is 250 g/mol. The van der Waals surface area contributed by atoms with Crippen molar-refractivity contribution >= 4 is 0 Å². The van der Waals surface area contributed by atoms with Crippen LogP contribution in [-0.2, 0) is 6.42 Å². The van der Waals surface area contributed by atoms with Gasteiger partial charge in [-0.1, -0.05) is 6.07 Å². The van der Waals surface area contributed by atoms with Gasteiger partial charge < -0.3 is 15.2 Å². The third-order valence-electron chi connectivity index (χ3n) is 4.80. The maximum absolute atomic E-state index is 9.61. The standard InChI is InChI=1S/C17H25NO2/c1-20-15-10-5-12-3-2-4-17(16(12)11-15)18-13-6-8-14(19)9-7-13/h5,10-11,13-14,17-19H,2-4,6-9H2,1H3. The molecule has 3 heteroatoms. The average molecular weight is 275 g/mol. The first-order valence-electron chi connectivity index (χ1n) is 7.87. The largest absolute Gasteiger partial charge is 0.497 e. The highest BCUT2D eigenvalue weighted by molar-refractivity contribution is 5.39. The van der Waals surface area contributed by atoms with Crippen LogP contribution in [0.1, 0.15) is 55.7 Å². The van der Waals surface area contributed by atoms with Crippen molar-refractivity contribution < 1.29 is 9.84 Å². The van der Waals surface area contributed by atoms with Gasteiger partial charge in [0.1, 0.15) is 5.75 Å². The first kappa shape index (κ1) is 13.9. The minimum absolute atomic E-state index is 0.0770. The molecule has 0 heterocycles. The molecule has 0 aromatic heterocycles. The monoisotopic (exact) mass is 275 g/mol. The molecule has 2 N–H and O–H groups in total. The van der Waals surface area contributed by atoms with Crippen molar-refractivity contribution in [3.05, 3.63) is 29.3 Å². The van der Waals surface area contributed by atoms with E-state index in [1.807, 2.05) is 0 Å². The number of rotatable bonds is 3. The lowest BCUT2D eigenvalue weighted by atomic mass is 9.85. The van der Waals surface area contributed by atoms with Crippen LogP contribution in [0.15, 0.2) is 18.2 Å². The summed E-state index contributed by atoms with van der Waals surface area (Å²) >= 11 is 0. The molecule has 3 nitrogen and oxygen atoms in total. The maximum Gasteiger partial charge on any atom is 0.119 e. The Labute approximate surface area is 121 Å². The number of methoxy groups -OCH3 is 1. The van der Waals surface area contributed by atoms with Crippen molar-refractivity contribution in [1.82, 2.24) is 5.32 Å². The molecule has 20 heavy (non-hydrogen) atoms. The summed E-state index contributed by atoms with van der Waals surface area (Å²) in [5, 5.41) is 13.4. The Balaban J connectivity index is 1.72. The van der Waals surface area contributed by atoms with Crippen LogP contribution in [0, 0.1) is 0 Å². The summed E-state index contributed by atoms with van der Waals surface area (Å²) in [5.41, 5.74) is 2.88. The molecule has 110 valence electrons. The molecule has 1 fully saturated rings. The molecule has 0 amide bonds. The number of hydrogen-bond acceptors (Lipinski definition) is 3. The molecule has 1 atom stereocenters. The number of aliphatic hydroxyl groups excluding tert-OH is 1. The first-order chi connectivity index (χ1) is 9.76. The molecular formula is C17H25NO2. The number of benzene rings is 1. The van der Waals surface area contributed by atoms with Gasteiger partial charge in [-0.05, 0) is 68.2 Å². The van der Waals surface area contributed by atoms with Crippen LogP contribution in [0.2, 0.25) is 0 Å². The normalized spacial score (nSPS) is 29.8. The highest BCUT2D eigenvalue weighted by Crippen LogP contribution is 2.34. The lowest BCUT2D eigenvalue weighted by Crippen LogP contribution is -2.38. The van der Waals surface area contributed by atoms with Gasteiger partial charge >= 0.3 is 0 Å². The number of aryl methyl sites for hydroxylation is 1. The van der Waals surface area contributed by atoms with E-state index in [-0.39, 0.29) is 6.10 Å². The van der Waals surface area contributed by atoms with E-state index in [1.165, 1.54) is 30.4 Å². The third-order valence-corrected chi connectivity index (χ3v) is 4.80. The zero-order valence-corrected chi connectivity index (χ0v) is 12.3. The summed E-state index contributed by atoms with van der Waals surface area (Å²) in [6, 6.07) is 7.49. The Morgan fingerprint density at radius 3 is 2.70 bits per heavy atom. The smallest absolute Gasteiger partial charge is 0.119 e. The molecule has 0 radical (unpaired) electrons. The van der Waals surface area contributed by atoms with Crippen molar-refractivity contribution in [2.45, 2.75) is 63.1 Å². The van der Waals surface area contributed by atoms with Crippen molar-refractivity contribution in [3.8, 4) is 5.75 Å². The zero-order chi connectivity index (χ0) is 13.9. The van der Waals surface area contributed by atoms with Crippen LogP contribution in [0.3, 0.4) is 0 Å². The molecule has 1 aromatic carbocycles. The molecule has 0 bridgehead atoms. The van der Waals surface area contributed by atoms with Gasteiger partial charge in [0, 0.05) is 12.1 Å². The summed E-state index contributed by atoms with van der Waals surface area (Å²) in [6.07, 6.45) is 7.64. The first-order valence-corrected chi connectivity index (χ1v) is 7.87. The number of nitrogens with one attached hydrogen (secondary N) is 1. The van der Waals surface area contributed by atoms with E-state index in [9.17, 15) is 5.11 Å². The second-order valence-electron chi connectivity index (χ2n) is 6.18. The highest BCUT2D eigenvalue weighted by Gasteiger charge is 2.26. The highest BCUT2D eigenvalue weighted by atomic mass is 16.5. The molecule has 2 aliphatic rings. The Morgan fingerprint density at radius 1 is 1.15 bits per heavy atom. The fourth-order valence-electron chi connectivity index (χ4n) is 3.60. The van der Waals surface area contributed by atoms with E-state index in [0.29, 0.717) is 12.1 Å². The molecule has 2 aliphatic carbocycles. The lowest BCUT2D eigenvalue weighted by molar-refractivity contribution is 0.113. The Hall–Kier alpha value is -1.06. The molecule has 1 saturated carbocycles. The van der Waals surface area contributed by atoms with Crippen molar-refractivity contribution in [3.63, 3.8) is 0 Å². The van der Waals surface area contributed by atoms with Crippen LogP contribution < -0.4 is 10.1 Å². The van der Waals surface area contributed by atoms with Gasteiger partial charge in [0.25, 0.3) is 0 Å². The van der Waals surface area contributed by atoms with Crippen molar-refractivity contribution in [2.75, 3.05) is 7.11 Å². The molecule has 1 aromatic rings. The van der Waals surface area contributed by atoms with E-state index in [1.54, 1.807) is 7.11 Å². The van der Waals surface area contributed by atoms with Gasteiger partial charge in [0.15, 0.2) is 0 Å². The van der Waals surface area contributed by atoms with E-state index >= 15 is 0 Å². The van der Waals surface area contributed by atoms with Crippen LogP contribution in [0.4, 0.5) is 0 Å². The van der Waals surface area contributed by atoms with Gasteiger partial charge in [-0.15, -0.1) is 0 Å². The van der Waals surface area contributed by atoms with Crippen molar-refractivity contribution in [2.24, 2.45) is 0 Å². The predicted molar refractivity (Wildman–Crippen MR) is 80.1 cm³/mol. The Kier molecular flexibility index (Phi) is 4.27. The minimum Gasteiger partial charge on any atom is -0.497 e. The Morgan fingerprint density at radius 2 is 1.95 bits per heavy atom. The van der Waals surface area contributed by atoms with Crippen LogP contribution in [0.5, 0.6) is 5.75 Å². The third kappa shape index (κ3) is 2.99. The molecule has 1 unspecified atom stereocenters. The molecule has 3 rings (SSSR count). The molecule has 0 saturated heterocycles. The molecule has 0 aliphatic heterocycles. The average Bonchev–Trinajstić information content (AvgIpc) is 2.49. The summed E-state index contributed by atoms with van der Waals surface area (Å²) < 4.78 is 5.37. The second kappa shape index (κ2) is 6.15. The molecule has 0 spiro atoms. The predicted octanol–water partition coefficient (Wildman–Crippen LogP) is 2.97. The van der Waals surface area contributed by atoms with Crippen LogP contribution in [0.25, 0.3) is 0 Å². The summed E-state index contributed by atoms with van der Waals surface area (Å²) in [4.78, 5) is 0. The summed E-state index contributed by atoms with van der Waals surface area (Å²) in [6.45, 7) is 0. The van der Waals surface area contributed by atoms with E-state index in [4.69, 9.17) is 4.74 Å². The quantitative estimate of drug-likeness (QED) is 0.891. The Bertz CT molecular complexity index is 452.